The molecule has 0 unspecified atom stereocenters. The Bertz CT molecular complexity index is 1680. The average molecular weight is 571 g/mol. The van der Waals surface area contributed by atoms with Crippen LogP contribution in [0, 0.1) is 95.4 Å². The smallest absolute Gasteiger partial charge is 0.428 e. The van der Waals surface area contributed by atoms with Gasteiger partial charge >= 0.3 is 12.1 Å². The molecule has 1 aromatic rings. The Morgan fingerprint density at radius 2 is 1.09 bits per heavy atom. The van der Waals surface area contributed by atoms with Crippen LogP contribution in [0.15, 0.2) is 12.1 Å². The second kappa shape index (κ2) is 16.6. The predicted octanol–water partition coefficient (Wildman–Crippen LogP) is 5.69. The van der Waals surface area contributed by atoms with E-state index in [0.717, 1.165) is 16.7 Å². The zero-order chi connectivity index (χ0) is 32.5. The van der Waals surface area contributed by atoms with Crippen LogP contribution in [-0.4, -0.2) is 17.7 Å². The highest BCUT2D eigenvalue weighted by molar-refractivity contribution is 5.71. The molecule has 5 nitrogen and oxygen atoms in total. The number of ether oxygens (including phenoxy) is 3. The van der Waals surface area contributed by atoms with E-state index in [0.29, 0.717) is 12.2 Å². The van der Waals surface area contributed by atoms with Gasteiger partial charge in [0.2, 0.25) is 0 Å². The monoisotopic (exact) mass is 570 g/mol. The molecule has 0 heterocycles. The number of hydrogen-bond donors (Lipinski definition) is 0. The summed E-state index contributed by atoms with van der Waals surface area (Å²) in [6, 6.07) is 3.91. The van der Waals surface area contributed by atoms with Gasteiger partial charge in [0.25, 0.3) is 0 Å². The number of carbonyl (C=O) groups is 2. The molecular weight excluding hydrogens is 536 g/mol. The molecule has 0 saturated carbocycles. The highest BCUT2D eigenvalue weighted by Crippen LogP contribution is 2.41. The molecule has 0 amide bonds. The molecule has 1 aromatic carbocycles. The molecule has 0 aliphatic rings. The van der Waals surface area contributed by atoms with Crippen molar-refractivity contribution in [2.75, 3.05) is 0 Å². The molecule has 43 heavy (non-hydrogen) atoms. The van der Waals surface area contributed by atoms with Crippen LogP contribution in [0.5, 0.6) is 5.75 Å². The molecule has 0 spiro atoms. The first-order valence-electron chi connectivity index (χ1n) is 13.3. The fraction of sp³-hybridized carbons (Fsp3) is 0.368. The maximum atomic E-state index is 12.6. The summed E-state index contributed by atoms with van der Waals surface area (Å²) in [6.45, 7) is 17.6. The van der Waals surface area contributed by atoms with Crippen LogP contribution >= 0.6 is 0 Å². The van der Waals surface area contributed by atoms with Gasteiger partial charge in [-0.3, -0.25) is 4.79 Å². The maximum Gasteiger partial charge on any atom is 0.514 e. The molecule has 0 saturated heterocycles. The van der Waals surface area contributed by atoms with Crippen LogP contribution in [0.4, 0.5) is 4.79 Å². The first-order valence-corrected chi connectivity index (χ1v) is 13.3. The first kappa shape index (κ1) is 35.5. The predicted molar refractivity (Wildman–Crippen MR) is 168 cm³/mol. The summed E-state index contributed by atoms with van der Waals surface area (Å²) in [5.41, 5.74) is 1.17. The van der Waals surface area contributed by atoms with Crippen LogP contribution in [0.25, 0.3) is 0 Å². The number of aryl methyl sites for hydroxylation is 1. The summed E-state index contributed by atoms with van der Waals surface area (Å²) in [6.07, 6.45) is 6.97. The minimum absolute atomic E-state index is 0.0961. The molecule has 0 aromatic heterocycles. The zero-order valence-corrected chi connectivity index (χ0v) is 26.2. The molecule has 0 atom stereocenters. The summed E-state index contributed by atoms with van der Waals surface area (Å²) >= 11 is 0. The third-order valence-corrected chi connectivity index (χ3v) is 5.00. The van der Waals surface area contributed by atoms with E-state index >= 15 is 0 Å². The lowest BCUT2D eigenvalue weighted by molar-refractivity contribution is -0.136. The summed E-state index contributed by atoms with van der Waals surface area (Å²) in [7, 11) is 0. The number of hydrogen-bond acceptors (Lipinski definition) is 5. The second-order valence-corrected chi connectivity index (χ2v) is 11.9. The van der Waals surface area contributed by atoms with E-state index in [1.54, 1.807) is 20.8 Å². The van der Waals surface area contributed by atoms with Gasteiger partial charge in [0.05, 0.1) is 6.42 Å². The lowest BCUT2D eigenvalue weighted by Crippen LogP contribution is -2.28. The lowest BCUT2D eigenvalue weighted by Gasteiger charge is -2.30. The number of benzene rings is 1. The molecule has 0 aliphatic heterocycles. The minimum Gasteiger partial charge on any atom is -0.428 e. The van der Waals surface area contributed by atoms with Crippen molar-refractivity contribution in [2.24, 2.45) is 0 Å². The topological polar surface area (TPSA) is 61.8 Å². The first-order chi connectivity index (χ1) is 20.0. The Hall–Kier alpha value is -5.56. The van der Waals surface area contributed by atoms with Gasteiger partial charge in [-0.25, -0.2) is 4.79 Å². The Kier molecular flexibility index (Phi) is 13.7. The van der Waals surface area contributed by atoms with E-state index in [4.69, 9.17) is 20.6 Å². The largest absolute Gasteiger partial charge is 0.514 e. The summed E-state index contributed by atoms with van der Waals surface area (Å²) < 4.78 is 16.2. The van der Waals surface area contributed by atoms with Crippen molar-refractivity contribution >= 4 is 12.1 Å². The highest BCUT2D eigenvalue weighted by Gasteiger charge is 2.30. The van der Waals surface area contributed by atoms with Gasteiger partial charge in [-0.15, -0.1) is 6.42 Å². The Labute approximate surface area is 257 Å². The van der Waals surface area contributed by atoms with Crippen molar-refractivity contribution in [3.8, 4) is 101 Å². The summed E-state index contributed by atoms with van der Waals surface area (Å²) in [5.74, 6) is 34.0. The summed E-state index contributed by atoms with van der Waals surface area (Å²) in [5, 5.41) is 0. The molecule has 0 N–H and O–H groups in total. The van der Waals surface area contributed by atoms with Gasteiger partial charge in [-0.1, -0.05) is 53.7 Å². The highest BCUT2D eigenvalue weighted by atomic mass is 16.7. The maximum absolute atomic E-state index is 12.6. The Morgan fingerprint density at radius 1 is 0.674 bits per heavy atom. The lowest BCUT2D eigenvalue weighted by atomic mass is 9.78. The van der Waals surface area contributed by atoms with Crippen molar-refractivity contribution in [3.05, 3.63) is 28.8 Å². The van der Waals surface area contributed by atoms with Crippen molar-refractivity contribution in [1.29, 1.82) is 0 Å². The molecule has 216 valence electrons. The minimum atomic E-state index is -0.764. The number of rotatable bonds is 4. The van der Waals surface area contributed by atoms with Gasteiger partial charge in [-0.05, 0) is 85.0 Å². The van der Waals surface area contributed by atoms with Gasteiger partial charge in [-0.2, -0.15) is 0 Å². The Morgan fingerprint density at radius 3 is 1.49 bits per heavy atom. The standard InChI is InChI=1S/C38H34O5/c1-11-12-13-14-15-16-17-18-19-20-21-22-23-24-27-41-33(39)26-25-30-28-31(36(2,3)4)34(32(29-30)37(5,6)7)42-35(40)43-38(8,9)10/h1,28-29H,25-26H2,2-10H3. The number of terminal acetylenes is 1. The third-order valence-electron chi connectivity index (χ3n) is 5.00. The van der Waals surface area contributed by atoms with Crippen molar-refractivity contribution in [1.82, 2.24) is 0 Å². The van der Waals surface area contributed by atoms with Crippen LogP contribution in [-0.2, 0) is 31.5 Å². The van der Waals surface area contributed by atoms with E-state index in [9.17, 15) is 9.59 Å². The van der Waals surface area contributed by atoms with E-state index in [1.807, 2.05) is 53.7 Å². The summed E-state index contributed by atoms with van der Waals surface area (Å²) in [4.78, 5) is 24.9. The third kappa shape index (κ3) is 15.1. The zero-order valence-electron chi connectivity index (χ0n) is 26.2. The number of esters is 1. The molecule has 0 fully saturated rings. The van der Waals surface area contributed by atoms with Crippen molar-refractivity contribution in [3.63, 3.8) is 0 Å². The molecule has 0 radical (unpaired) electrons. The Balaban J connectivity index is 2.95. The fourth-order valence-corrected chi connectivity index (χ4v) is 3.20. The van der Waals surface area contributed by atoms with Gasteiger partial charge in [0, 0.05) is 52.6 Å². The van der Waals surface area contributed by atoms with Crippen LogP contribution in [0.1, 0.15) is 85.4 Å². The fourth-order valence-electron chi connectivity index (χ4n) is 3.20. The SMILES string of the molecule is C#CC#CC#CC#CC#CC#CC#CC#COC(=O)CCc1cc(C(C)(C)C)c(OC(=O)OC(C)(C)C)c(C(C)(C)C)c1. The normalized spacial score (nSPS) is 9.49. The van der Waals surface area contributed by atoms with E-state index in [-0.39, 0.29) is 17.3 Å². The van der Waals surface area contributed by atoms with Crippen LogP contribution < -0.4 is 4.74 Å². The molecule has 0 aliphatic carbocycles. The van der Waals surface area contributed by atoms with E-state index < -0.39 is 17.7 Å². The van der Waals surface area contributed by atoms with Crippen LogP contribution in [0.2, 0.25) is 0 Å². The average Bonchev–Trinajstić information content (AvgIpc) is 2.87. The van der Waals surface area contributed by atoms with Gasteiger partial charge in [0.15, 0.2) is 0 Å². The molecule has 5 heteroatoms. The van der Waals surface area contributed by atoms with Crippen LogP contribution in [0.3, 0.4) is 0 Å². The second-order valence-electron chi connectivity index (χ2n) is 11.9. The van der Waals surface area contributed by atoms with Gasteiger partial charge in [0.1, 0.15) is 17.5 Å². The molecular formula is C38H34O5. The quantitative estimate of drug-likeness (QED) is 0.265. The van der Waals surface area contributed by atoms with E-state index in [1.165, 1.54) is 0 Å². The van der Waals surface area contributed by atoms with Crippen molar-refractivity contribution < 1.29 is 23.8 Å². The molecule has 1 rings (SSSR count). The molecule has 0 bridgehead atoms. The van der Waals surface area contributed by atoms with Gasteiger partial charge < -0.3 is 14.2 Å². The van der Waals surface area contributed by atoms with E-state index in [2.05, 4.69) is 89.0 Å². The number of carbonyl (C=O) groups excluding carboxylic acids is 2. The van der Waals surface area contributed by atoms with Crippen molar-refractivity contribution in [2.45, 2.75) is 91.6 Å².